The predicted molar refractivity (Wildman–Crippen MR) is 72.7 cm³/mol. The number of ether oxygens (including phenoxy) is 1. The number of hydrazone groups is 1. The lowest BCUT2D eigenvalue weighted by Gasteiger charge is -2.06. The van der Waals surface area contributed by atoms with E-state index in [9.17, 15) is 9.59 Å². The summed E-state index contributed by atoms with van der Waals surface area (Å²) < 4.78 is 4.58. The Morgan fingerprint density at radius 1 is 1.21 bits per heavy atom. The molecule has 1 aromatic carbocycles. The SMILES string of the molecule is CCCC(=NNC(=O)C(=O)OCC)c1ccccc1. The molecule has 1 rings (SSSR count). The lowest BCUT2D eigenvalue weighted by molar-refractivity contribution is -0.154. The van der Waals surface area contributed by atoms with Crippen LogP contribution in [0.15, 0.2) is 35.4 Å². The Bertz CT molecular complexity index is 455. The standard InChI is InChI=1S/C14H18N2O3/c1-3-8-12(11-9-6-5-7-10-11)15-16-13(17)14(18)19-4-2/h5-7,9-10H,3-4,8H2,1-2H3,(H,16,17). The summed E-state index contributed by atoms with van der Waals surface area (Å²) in [7, 11) is 0. The summed E-state index contributed by atoms with van der Waals surface area (Å²) in [6.07, 6.45) is 1.61. The summed E-state index contributed by atoms with van der Waals surface area (Å²) in [6, 6.07) is 9.52. The fraction of sp³-hybridized carbons (Fsp3) is 0.357. The molecule has 0 fully saturated rings. The van der Waals surface area contributed by atoms with E-state index in [4.69, 9.17) is 0 Å². The Morgan fingerprint density at radius 3 is 2.47 bits per heavy atom. The van der Waals surface area contributed by atoms with E-state index in [0.717, 1.165) is 17.7 Å². The van der Waals surface area contributed by atoms with Crippen LogP contribution in [0.1, 0.15) is 32.3 Å². The Morgan fingerprint density at radius 2 is 1.89 bits per heavy atom. The van der Waals surface area contributed by atoms with Gasteiger partial charge in [-0.25, -0.2) is 10.2 Å². The molecular formula is C14H18N2O3. The molecule has 0 aliphatic heterocycles. The summed E-state index contributed by atoms with van der Waals surface area (Å²) in [5.41, 5.74) is 3.89. The van der Waals surface area contributed by atoms with E-state index >= 15 is 0 Å². The maximum atomic E-state index is 11.4. The van der Waals surface area contributed by atoms with Gasteiger partial charge in [-0.2, -0.15) is 5.10 Å². The lowest BCUT2D eigenvalue weighted by atomic mass is 10.1. The Kier molecular flexibility index (Phi) is 6.29. The van der Waals surface area contributed by atoms with Crippen molar-refractivity contribution in [3.8, 4) is 0 Å². The minimum Gasteiger partial charge on any atom is -0.459 e. The van der Waals surface area contributed by atoms with Crippen LogP contribution in [0.5, 0.6) is 0 Å². The number of benzene rings is 1. The zero-order valence-corrected chi connectivity index (χ0v) is 11.2. The second kappa shape index (κ2) is 8.02. The average Bonchev–Trinajstić information content (AvgIpc) is 2.44. The highest BCUT2D eigenvalue weighted by atomic mass is 16.5. The van der Waals surface area contributed by atoms with Gasteiger partial charge in [0.05, 0.1) is 12.3 Å². The van der Waals surface area contributed by atoms with Crippen molar-refractivity contribution in [3.63, 3.8) is 0 Å². The third kappa shape index (κ3) is 4.91. The molecule has 0 spiro atoms. The van der Waals surface area contributed by atoms with Gasteiger partial charge in [0.2, 0.25) is 0 Å². The van der Waals surface area contributed by atoms with Crippen molar-refractivity contribution in [2.75, 3.05) is 6.61 Å². The Labute approximate surface area is 112 Å². The molecule has 1 amide bonds. The molecule has 0 aliphatic rings. The first-order chi connectivity index (χ1) is 9.19. The van der Waals surface area contributed by atoms with Crippen LogP contribution in [0.4, 0.5) is 0 Å². The Hall–Kier alpha value is -2.17. The summed E-state index contributed by atoms with van der Waals surface area (Å²) in [4.78, 5) is 22.5. The quantitative estimate of drug-likeness (QED) is 0.381. The van der Waals surface area contributed by atoms with E-state index in [-0.39, 0.29) is 6.61 Å². The summed E-state index contributed by atoms with van der Waals surface area (Å²) >= 11 is 0. The molecule has 0 aliphatic carbocycles. The topological polar surface area (TPSA) is 67.8 Å². The van der Waals surface area contributed by atoms with Crippen molar-refractivity contribution in [1.29, 1.82) is 0 Å². The second-order valence-electron chi connectivity index (χ2n) is 3.84. The van der Waals surface area contributed by atoms with E-state index in [1.54, 1.807) is 6.92 Å². The van der Waals surface area contributed by atoms with Gasteiger partial charge in [-0.15, -0.1) is 0 Å². The third-order valence-corrected chi connectivity index (χ3v) is 2.35. The maximum Gasteiger partial charge on any atom is 0.398 e. The monoisotopic (exact) mass is 262 g/mol. The van der Waals surface area contributed by atoms with E-state index in [0.29, 0.717) is 6.42 Å². The number of hydrogen-bond acceptors (Lipinski definition) is 4. The van der Waals surface area contributed by atoms with E-state index in [1.807, 2.05) is 37.3 Å². The first-order valence-corrected chi connectivity index (χ1v) is 6.28. The smallest absolute Gasteiger partial charge is 0.398 e. The minimum atomic E-state index is -0.921. The van der Waals surface area contributed by atoms with Crippen molar-refractivity contribution < 1.29 is 14.3 Å². The number of carbonyl (C=O) groups is 2. The van der Waals surface area contributed by atoms with Crippen LogP contribution in [0.25, 0.3) is 0 Å². The molecule has 0 saturated heterocycles. The molecule has 5 heteroatoms. The molecule has 0 atom stereocenters. The molecule has 0 unspecified atom stereocenters. The van der Waals surface area contributed by atoms with E-state index in [2.05, 4.69) is 15.3 Å². The maximum absolute atomic E-state index is 11.4. The highest BCUT2D eigenvalue weighted by Crippen LogP contribution is 2.05. The molecule has 1 aromatic rings. The van der Waals surface area contributed by atoms with Crippen LogP contribution in [0.3, 0.4) is 0 Å². The van der Waals surface area contributed by atoms with Crippen LogP contribution in [-0.2, 0) is 14.3 Å². The average molecular weight is 262 g/mol. The number of nitrogens with one attached hydrogen (secondary N) is 1. The van der Waals surface area contributed by atoms with Crippen molar-refractivity contribution >= 4 is 17.6 Å². The van der Waals surface area contributed by atoms with Gasteiger partial charge in [0, 0.05) is 0 Å². The van der Waals surface area contributed by atoms with Crippen molar-refractivity contribution in [2.24, 2.45) is 5.10 Å². The fourth-order valence-corrected chi connectivity index (χ4v) is 1.49. The van der Waals surface area contributed by atoms with Gasteiger partial charge >= 0.3 is 11.9 Å². The zero-order valence-electron chi connectivity index (χ0n) is 11.2. The van der Waals surface area contributed by atoms with Gasteiger partial charge < -0.3 is 4.74 Å². The number of esters is 1. The summed E-state index contributed by atoms with van der Waals surface area (Å²) in [5.74, 6) is -1.78. The molecule has 5 nitrogen and oxygen atoms in total. The van der Waals surface area contributed by atoms with E-state index in [1.165, 1.54) is 0 Å². The van der Waals surface area contributed by atoms with Crippen LogP contribution in [-0.4, -0.2) is 24.2 Å². The van der Waals surface area contributed by atoms with Gasteiger partial charge in [-0.3, -0.25) is 4.79 Å². The molecule has 0 bridgehead atoms. The van der Waals surface area contributed by atoms with Gasteiger partial charge in [0.1, 0.15) is 0 Å². The molecule has 1 N–H and O–H groups in total. The molecular weight excluding hydrogens is 244 g/mol. The van der Waals surface area contributed by atoms with E-state index < -0.39 is 11.9 Å². The number of nitrogens with zero attached hydrogens (tertiary/aromatic N) is 1. The fourth-order valence-electron chi connectivity index (χ4n) is 1.49. The normalized spacial score (nSPS) is 10.9. The molecule has 0 heterocycles. The van der Waals surface area contributed by atoms with Crippen LogP contribution < -0.4 is 5.43 Å². The van der Waals surface area contributed by atoms with Crippen LogP contribution in [0.2, 0.25) is 0 Å². The molecule has 0 saturated carbocycles. The summed E-state index contributed by atoms with van der Waals surface area (Å²) in [5, 5.41) is 4.00. The first kappa shape index (κ1) is 14.9. The summed E-state index contributed by atoms with van der Waals surface area (Å²) in [6.45, 7) is 3.82. The van der Waals surface area contributed by atoms with Gasteiger partial charge in [0.15, 0.2) is 0 Å². The zero-order chi connectivity index (χ0) is 14.1. The second-order valence-corrected chi connectivity index (χ2v) is 3.84. The molecule has 0 aromatic heterocycles. The van der Waals surface area contributed by atoms with Crippen molar-refractivity contribution in [1.82, 2.24) is 5.43 Å². The lowest BCUT2D eigenvalue weighted by Crippen LogP contribution is -2.29. The highest BCUT2D eigenvalue weighted by Gasteiger charge is 2.14. The minimum absolute atomic E-state index is 0.163. The first-order valence-electron chi connectivity index (χ1n) is 6.28. The number of carbonyl (C=O) groups excluding carboxylic acids is 2. The van der Waals surface area contributed by atoms with Gasteiger partial charge in [-0.05, 0) is 18.9 Å². The molecule has 102 valence electrons. The molecule has 0 radical (unpaired) electrons. The van der Waals surface area contributed by atoms with Crippen LogP contribution >= 0.6 is 0 Å². The number of rotatable bonds is 5. The molecule has 19 heavy (non-hydrogen) atoms. The highest BCUT2D eigenvalue weighted by molar-refractivity contribution is 6.32. The Balaban J connectivity index is 2.75. The van der Waals surface area contributed by atoms with Gasteiger partial charge in [-0.1, -0.05) is 43.7 Å². The van der Waals surface area contributed by atoms with Gasteiger partial charge in [0.25, 0.3) is 0 Å². The predicted octanol–water partition coefficient (Wildman–Crippen LogP) is 1.87. The third-order valence-electron chi connectivity index (χ3n) is 2.35. The van der Waals surface area contributed by atoms with Crippen LogP contribution in [0, 0.1) is 0 Å². The largest absolute Gasteiger partial charge is 0.459 e. The number of amides is 1. The number of hydrogen-bond donors (Lipinski definition) is 1. The van der Waals surface area contributed by atoms with Crippen molar-refractivity contribution in [3.05, 3.63) is 35.9 Å². The van der Waals surface area contributed by atoms with Crippen molar-refractivity contribution in [2.45, 2.75) is 26.7 Å².